The molecule has 180 valence electrons. The quantitative estimate of drug-likeness (QED) is 0.263. The molecule has 3 aromatic heterocycles. The summed E-state index contributed by atoms with van der Waals surface area (Å²) in [5.41, 5.74) is 4.15. The maximum Gasteiger partial charge on any atom is 0.206 e. The van der Waals surface area contributed by atoms with Crippen LogP contribution in [-0.4, -0.2) is 67.7 Å². The molecule has 10 nitrogen and oxygen atoms in total. The second-order valence-electron chi connectivity index (χ2n) is 9.26. The standard InChI is InChI=1S/C25H29N9O/c35-23-22(29-15-30-24(23)28-13-16-1-2-16)18-3-4-19-20(12-18)32-25(31-19)33-21-11-17(5-6-27-21)14-34-9-7-26-8-10-34/h3-6,11-12,15-16,26,35H,1-2,7-10,13-14H2,(H,28,29,30)(H2,27,31,32,33). The van der Waals surface area contributed by atoms with Crippen LogP contribution in [0.15, 0.2) is 42.9 Å². The van der Waals surface area contributed by atoms with Crippen molar-refractivity contribution >= 4 is 28.6 Å². The van der Waals surface area contributed by atoms with Crippen molar-refractivity contribution in [2.24, 2.45) is 5.92 Å². The summed E-state index contributed by atoms with van der Waals surface area (Å²) in [5, 5.41) is 20.7. The van der Waals surface area contributed by atoms with Gasteiger partial charge in [0.15, 0.2) is 11.6 Å². The van der Waals surface area contributed by atoms with Gasteiger partial charge in [0.25, 0.3) is 0 Å². The summed E-state index contributed by atoms with van der Waals surface area (Å²) in [6, 6.07) is 9.88. The lowest BCUT2D eigenvalue weighted by Crippen LogP contribution is -2.42. The third-order valence-electron chi connectivity index (χ3n) is 6.52. The zero-order valence-corrected chi connectivity index (χ0v) is 19.5. The first kappa shape index (κ1) is 21.8. The van der Waals surface area contributed by atoms with Crippen molar-refractivity contribution in [3.8, 4) is 17.0 Å². The van der Waals surface area contributed by atoms with Crippen molar-refractivity contribution in [3.05, 3.63) is 48.4 Å². The van der Waals surface area contributed by atoms with Gasteiger partial charge < -0.3 is 26.0 Å². The molecule has 1 aliphatic carbocycles. The molecule has 1 aromatic carbocycles. The average molecular weight is 472 g/mol. The summed E-state index contributed by atoms with van der Waals surface area (Å²) in [4.78, 5) is 23.4. The van der Waals surface area contributed by atoms with Crippen LogP contribution in [0.25, 0.3) is 22.3 Å². The normalized spacial score (nSPS) is 16.5. The lowest BCUT2D eigenvalue weighted by atomic mass is 10.1. The van der Waals surface area contributed by atoms with Gasteiger partial charge in [-0.3, -0.25) is 4.90 Å². The number of nitrogens with zero attached hydrogens (tertiary/aromatic N) is 5. The van der Waals surface area contributed by atoms with Gasteiger partial charge in [0.05, 0.1) is 11.0 Å². The first-order valence-electron chi connectivity index (χ1n) is 12.1. The first-order chi connectivity index (χ1) is 17.2. The Bertz CT molecular complexity index is 1330. The highest BCUT2D eigenvalue weighted by molar-refractivity contribution is 5.85. The van der Waals surface area contributed by atoms with Crippen LogP contribution < -0.4 is 16.0 Å². The summed E-state index contributed by atoms with van der Waals surface area (Å²) in [6.07, 6.45) is 5.77. The highest BCUT2D eigenvalue weighted by atomic mass is 16.3. The zero-order chi connectivity index (χ0) is 23.6. The number of hydrogen-bond acceptors (Lipinski definition) is 9. The van der Waals surface area contributed by atoms with Gasteiger partial charge in [-0.05, 0) is 48.6 Å². The molecular weight excluding hydrogens is 442 g/mol. The van der Waals surface area contributed by atoms with Gasteiger partial charge in [0.2, 0.25) is 5.95 Å². The summed E-state index contributed by atoms with van der Waals surface area (Å²) in [6.45, 7) is 5.89. The molecule has 10 heteroatoms. The predicted octanol–water partition coefficient (Wildman–Crippen LogP) is 3.09. The SMILES string of the molecule is Oc1c(NCC2CC2)ncnc1-c1ccc2nc(Nc3cc(CN4CCNCC4)ccn3)[nH]c2c1. The van der Waals surface area contributed by atoms with Crippen molar-refractivity contribution in [3.63, 3.8) is 0 Å². The fourth-order valence-corrected chi connectivity index (χ4v) is 4.39. The summed E-state index contributed by atoms with van der Waals surface area (Å²) < 4.78 is 0. The van der Waals surface area contributed by atoms with E-state index < -0.39 is 0 Å². The third-order valence-corrected chi connectivity index (χ3v) is 6.52. The lowest BCUT2D eigenvalue weighted by molar-refractivity contribution is 0.233. The monoisotopic (exact) mass is 471 g/mol. The molecule has 6 rings (SSSR count). The highest BCUT2D eigenvalue weighted by Gasteiger charge is 2.22. The molecule has 4 aromatic rings. The van der Waals surface area contributed by atoms with Crippen LogP contribution in [0.3, 0.4) is 0 Å². The molecule has 4 heterocycles. The Hall–Kier alpha value is -3.76. The van der Waals surface area contributed by atoms with Crippen molar-refractivity contribution in [1.29, 1.82) is 0 Å². The molecule has 1 saturated heterocycles. The molecule has 1 aliphatic heterocycles. The van der Waals surface area contributed by atoms with E-state index in [0.717, 1.165) is 61.7 Å². The molecule has 2 fully saturated rings. The van der Waals surface area contributed by atoms with E-state index in [1.54, 1.807) is 0 Å². The number of hydrogen-bond donors (Lipinski definition) is 5. The number of aromatic nitrogens is 5. The number of nitrogens with one attached hydrogen (secondary N) is 4. The van der Waals surface area contributed by atoms with Crippen molar-refractivity contribution in [1.82, 2.24) is 35.1 Å². The minimum absolute atomic E-state index is 0.0656. The van der Waals surface area contributed by atoms with E-state index in [4.69, 9.17) is 0 Å². The lowest BCUT2D eigenvalue weighted by Gasteiger charge is -2.27. The molecule has 0 amide bonds. The fourth-order valence-electron chi connectivity index (χ4n) is 4.39. The average Bonchev–Trinajstić information content (AvgIpc) is 3.62. The molecular formula is C25H29N9O. The van der Waals surface area contributed by atoms with Gasteiger partial charge in [-0.1, -0.05) is 6.07 Å². The van der Waals surface area contributed by atoms with E-state index in [1.165, 1.54) is 24.7 Å². The van der Waals surface area contributed by atoms with Crippen LogP contribution in [0.4, 0.5) is 17.6 Å². The van der Waals surface area contributed by atoms with E-state index >= 15 is 0 Å². The fraction of sp³-hybridized carbons (Fsp3) is 0.360. The minimum Gasteiger partial charge on any atom is -0.503 e. The maximum absolute atomic E-state index is 10.8. The molecule has 0 radical (unpaired) electrons. The Morgan fingerprint density at radius 1 is 1.06 bits per heavy atom. The highest BCUT2D eigenvalue weighted by Crippen LogP contribution is 2.35. The van der Waals surface area contributed by atoms with E-state index in [1.807, 2.05) is 24.4 Å². The molecule has 0 bridgehead atoms. The Kier molecular flexibility index (Phi) is 5.89. The van der Waals surface area contributed by atoms with Gasteiger partial charge in [-0.2, -0.15) is 0 Å². The Morgan fingerprint density at radius 2 is 1.94 bits per heavy atom. The Labute approximate surface area is 203 Å². The van der Waals surface area contributed by atoms with Crippen LogP contribution in [-0.2, 0) is 6.54 Å². The molecule has 1 saturated carbocycles. The Balaban J connectivity index is 1.19. The number of rotatable bonds is 8. The van der Waals surface area contributed by atoms with Crippen LogP contribution in [0.1, 0.15) is 18.4 Å². The second kappa shape index (κ2) is 9.47. The van der Waals surface area contributed by atoms with Gasteiger partial charge in [-0.25, -0.2) is 19.9 Å². The zero-order valence-electron chi connectivity index (χ0n) is 19.5. The van der Waals surface area contributed by atoms with Gasteiger partial charge in [-0.15, -0.1) is 0 Å². The van der Waals surface area contributed by atoms with Crippen LogP contribution in [0.2, 0.25) is 0 Å². The first-order valence-corrected chi connectivity index (χ1v) is 12.1. The smallest absolute Gasteiger partial charge is 0.206 e. The molecule has 0 unspecified atom stereocenters. The number of benzene rings is 1. The second-order valence-corrected chi connectivity index (χ2v) is 9.26. The largest absolute Gasteiger partial charge is 0.503 e. The number of aromatic amines is 1. The number of pyridine rings is 1. The van der Waals surface area contributed by atoms with Gasteiger partial charge >= 0.3 is 0 Å². The van der Waals surface area contributed by atoms with Crippen LogP contribution >= 0.6 is 0 Å². The number of anilines is 3. The Morgan fingerprint density at radius 3 is 2.80 bits per heavy atom. The third kappa shape index (κ3) is 5.03. The minimum atomic E-state index is 0.0656. The molecule has 2 aliphatic rings. The number of H-pyrrole nitrogens is 1. The molecule has 0 spiro atoms. The van der Waals surface area contributed by atoms with E-state index in [0.29, 0.717) is 23.4 Å². The topological polar surface area (TPSA) is 127 Å². The van der Waals surface area contributed by atoms with E-state index in [-0.39, 0.29) is 5.75 Å². The number of imidazole rings is 1. The van der Waals surface area contributed by atoms with Crippen molar-refractivity contribution < 1.29 is 5.11 Å². The number of aromatic hydroxyl groups is 1. The van der Waals surface area contributed by atoms with Crippen LogP contribution in [0.5, 0.6) is 5.75 Å². The summed E-state index contributed by atoms with van der Waals surface area (Å²) >= 11 is 0. The van der Waals surface area contributed by atoms with Crippen molar-refractivity contribution in [2.45, 2.75) is 19.4 Å². The molecule has 35 heavy (non-hydrogen) atoms. The summed E-state index contributed by atoms with van der Waals surface area (Å²) in [5.74, 6) is 2.58. The number of fused-ring (bicyclic) bond motifs is 1. The maximum atomic E-state index is 10.8. The van der Waals surface area contributed by atoms with Gasteiger partial charge in [0.1, 0.15) is 17.8 Å². The molecule has 0 atom stereocenters. The van der Waals surface area contributed by atoms with Gasteiger partial charge in [0, 0.05) is 51.0 Å². The van der Waals surface area contributed by atoms with Crippen molar-refractivity contribution in [2.75, 3.05) is 43.4 Å². The van der Waals surface area contributed by atoms with Crippen LogP contribution in [0, 0.1) is 5.92 Å². The predicted molar refractivity (Wildman–Crippen MR) is 136 cm³/mol. The molecule has 5 N–H and O–H groups in total. The number of piperazine rings is 1. The van der Waals surface area contributed by atoms with E-state index in [2.05, 4.69) is 57.9 Å². The summed E-state index contributed by atoms with van der Waals surface area (Å²) in [7, 11) is 0. The van der Waals surface area contributed by atoms with E-state index in [9.17, 15) is 5.11 Å².